The molecule has 0 aliphatic heterocycles. The molecule has 0 aliphatic carbocycles. The molecule has 0 heterocycles. The first-order valence-electron chi connectivity index (χ1n) is 1.000. The number of rotatable bonds is 0. The minimum atomic E-state index is 0. The lowest BCUT2D eigenvalue weighted by Gasteiger charge is -0.813. The average Bonchev–Trinajstić information content (AvgIpc) is 1.50. The Balaban J connectivity index is -0.00000000267. The minimum Gasteiger partial charge on any atom is -0.147 e. The fourth-order valence-electron chi connectivity index (χ4n) is 0. The first-order valence-corrected chi connectivity index (χ1v) is 1.000. The van der Waals surface area contributed by atoms with E-state index in [2.05, 4.69) is 26.3 Å². The normalized spacial score (nSPS) is 1.14. The van der Waals surface area contributed by atoms with E-state index in [0.717, 1.165) is 0 Å². The van der Waals surface area contributed by atoms with E-state index in [-0.39, 0.29) is 37.2 Å². The number of halogens is 3. The molecule has 0 atom stereocenters. The van der Waals surface area contributed by atoms with Crippen LogP contribution >= 0.6 is 37.2 Å². The highest BCUT2D eigenvalue weighted by Crippen LogP contribution is 0.864. The Morgan fingerprint density at radius 3 is 0.429 bits per heavy atom. The summed E-state index contributed by atoms with van der Waals surface area (Å²) in [4.78, 5) is 0. The third-order valence-corrected chi connectivity index (χ3v) is 0. The molecule has 0 aromatic carbocycles. The van der Waals surface area contributed by atoms with Crippen LogP contribution in [0.25, 0.3) is 0 Å². The predicted octanol–water partition coefficient (Wildman–Crippen LogP) is 2.87. The van der Waals surface area contributed by atoms with Gasteiger partial charge in [0.1, 0.15) is 0 Å². The van der Waals surface area contributed by atoms with Gasteiger partial charge in [0, 0.05) is 0 Å². The predicted molar refractivity (Wildman–Crippen MR) is 44.3 cm³/mol. The average molecular weight is 165 g/mol. The van der Waals surface area contributed by atoms with E-state index in [4.69, 9.17) is 0 Å². The molecule has 0 spiro atoms. The van der Waals surface area contributed by atoms with Gasteiger partial charge in [-0.1, -0.05) is 0 Å². The molecule has 0 aromatic rings. The Labute approximate surface area is 63.9 Å². The summed E-state index contributed by atoms with van der Waals surface area (Å²) < 4.78 is 0. The zero-order chi connectivity index (χ0) is 4.00. The standard InChI is InChI=1S/2C2H4.3ClH/c2*1-2;;;/h2*1-2H2;3*1H. The van der Waals surface area contributed by atoms with Crippen molar-refractivity contribution in [2.75, 3.05) is 0 Å². The summed E-state index contributed by atoms with van der Waals surface area (Å²) >= 11 is 0. The Hall–Kier alpha value is 0.350. The van der Waals surface area contributed by atoms with Crippen molar-refractivity contribution >= 4 is 37.2 Å². The molecule has 0 nitrogen and oxygen atoms in total. The van der Waals surface area contributed by atoms with Crippen molar-refractivity contribution in [2.45, 2.75) is 0 Å². The molecule has 0 amide bonds. The summed E-state index contributed by atoms with van der Waals surface area (Å²) in [6, 6.07) is 0. The van der Waals surface area contributed by atoms with Gasteiger partial charge < -0.3 is 0 Å². The highest BCUT2D eigenvalue weighted by molar-refractivity contribution is 5.86. The Morgan fingerprint density at radius 1 is 0.429 bits per heavy atom. The molecule has 0 unspecified atom stereocenters. The van der Waals surface area contributed by atoms with Gasteiger partial charge in [-0.15, -0.1) is 63.5 Å². The SMILES string of the molecule is C=C.C=C.Cl.Cl.Cl. The molecule has 7 heavy (non-hydrogen) atoms. The second-order valence-corrected chi connectivity index (χ2v) is 0. The van der Waals surface area contributed by atoms with Crippen LogP contribution in [0.1, 0.15) is 0 Å². The largest absolute Gasteiger partial charge is 0.147 e. The van der Waals surface area contributed by atoms with Crippen LogP contribution in [0.5, 0.6) is 0 Å². The monoisotopic (exact) mass is 164 g/mol. The maximum absolute atomic E-state index is 3.00. The van der Waals surface area contributed by atoms with Gasteiger partial charge in [0.15, 0.2) is 0 Å². The maximum Gasteiger partial charge on any atom is -0.106 e. The fraction of sp³-hybridized carbons (Fsp3) is 0. The van der Waals surface area contributed by atoms with Crippen LogP contribution in [-0.4, -0.2) is 0 Å². The van der Waals surface area contributed by atoms with Crippen molar-refractivity contribution in [3.63, 3.8) is 0 Å². The van der Waals surface area contributed by atoms with Crippen LogP contribution in [0.4, 0.5) is 0 Å². The second-order valence-electron chi connectivity index (χ2n) is 0. The van der Waals surface area contributed by atoms with Gasteiger partial charge in [-0.25, -0.2) is 0 Å². The maximum atomic E-state index is 3.00. The van der Waals surface area contributed by atoms with Crippen LogP contribution < -0.4 is 0 Å². The highest BCUT2D eigenvalue weighted by atomic mass is 35.5. The molecule has 0 saturated heterocycles. The smallest absolute Gasteiger partial charge is 0.106 e. The lowest BCUT2D eigenvalue weighted by atomic mass is 11.3. The first kappa shape index (κ1) is 53.7. The molecular weight excluding hydrogens is 154 g/mol. The summed E-state index contributed by atoms with van der Waals surface area (Å²) in [6.07, 6.45) is 0. The minimum absolute atomic E-state index is 0. The van der Waals surface area contributed by atoms with Crippen molar-refractivity contribution < 1.29 is 0 Å². The van der Waals surface area contributed by atoms with Crippen molar-refractivity contribution in [1.29, 1.82) is 0 Å². The van der Waals surface area contributed by atoms with Crippen LogP contribution in [-0.2, 0) is 0 Å². The molecule has 0 aliphatic rings. The third kappa shape index (κ3) is 981. The van der Waals surface area contributed by atoms with E-state index in [0.29, 0.717) is 0 Å². The van der Waals surface area contributed by atoms with Crippen molar-refractivity contribution in [3.05, 3.63) is 26.3 Å². The molecule has 0 N–H and O–H groups in total. The molecule has 0 radical (unpaired) electrons. The lowest BCUT2D eigenvalue weighted by molar-refractivity contribution is 2.81. The van der Waals surface area contributed by atoms with E-state index in [1.54, 1.807) is 0 Å². The molecular formula is C4H11Cl3. The van der Waals surface area contributed by atoms with Gasteiger partial charge >= 0.3 is 0 Å². The lowest BCUT2D eigenvalue weighted by Crippen LogP contribution is -0.552. The number of hydrogen-bond donors (Lipinski definition) is 0. The van der Waals surface area contributed by atoms with E-state index >= 15 is 0 Å². The molecule has 3 heteroatoms. The first-order chi connectivity index (χ1) is 2.00. The fourth-order valence-corrected chi connectivity index (χ4v) is 0. The van der Waals surface area contributed by atoms with Crippen molar-refractivity contribution in [2.24, 2.45) is 0 Å². The van der Waals surface area contributed by atoms with Gasteiger partial charge in [0.25, 0.3) is 0 Å². The Bertz CT molecular complexity index is 8.90. The molecule has 48 valence electrons. The van der Waals surface area contributed by atoms with Crippen molar-refractivity contribution in [3.8, 4) is 0 Å². The summed E-state index contributed by atoms with van der Waals surface area (Å²) in [5.41, 5.74) is 0. The summed E-state index contributed by atoms with van der Waals surface area (Å²) in [6.45, 7) is 12.0. The number of hydrogen-bond acceptors (Lipinski definition) is 0. The molecule has 0 rings (SSSR count). The summed E-state index contributed by atoms with van der Waals surface area (Å²) in [5, 5.41) is 0. The van der Waals surface area contributed by atoms with E-state index in [1.807, 2.05) is 0 Å². The summed E-state index contributed by atoms with van der Waals surface area (Å²) in [5.74, 6) is 0. The Kier molecular flexibility index (Phi) is 11400. The van der Waals surface area contributed by atoms with Crippen LogP contribution in [0.15, 0.2) is 26.3 Å². The Morgan fingerprint density at radius 2 is 0.429 bits per heavy atom. The van der Waals surface area contributed by atoms with Crippen LogP contribution in [0, 0.1) is 0 Å². The topological polar surface area (TPSA) is 0 Å². The van der Waals surface area contributed by atoms with Gasteiger partial charge in [0.05, 0.1) is 0 Å². The van der Waals surface area contributed by atoms with Crippen LogP contribution in [0.3, 0.4) is 0 Å². The molecule has 0 aromatic heterocycles. The zero-order valence-electron chi connectivity index (χ0n) is 4.05. The van der Waals surface area contributed by atoms with Gasteiger partial charge in [0.2, 0.25) is 0 Å². The third-order valence-electron chi connectivity index (χ3n) is 0. The quantitative estimate of drug-likeness (QED) is 0.484. The van der Waals surface area contributed by atoms with E-state index in [9.17, 15) is 0 Å². The molecule has 0 saturated carbocycles. The van der Waals surface area contributed by atoms with Gasteiger partial charge in [-0.05, 0) is 0 Å². The van der Waals surface area contributed by atoms with E-state index < -0.39 is 0 Å². The van der Waals surface area contributed by atoms with Crippen LogP contribution in [0.2, 0.25) is 0 Å². The highest BCUT2D eigenvalue weighted by Gasteiger charge is 0.603. The molecule has 0 fully saturated rings. The van der Waals surface area contributed by atoms with Gasteiger partial charge in [-0.3, -0.25) is 0 Å². The second kappa shape index (κ2) is 1480. The zero-order valence-corrected chi connectivity index (χ0v) is 6.50. The van der Waals surface area contributed by atoms with E-state index in [1.165, 1.54) is 0 Å². The molecule has 0 bridgehead atoms. The van der Waals surface area contributed by atoms with Crippen molar-refractivity contribution in [1.82, 2.24) is 0 Å². The summed E-state index contributed by atoms with van der Waals surface area (Å²) in [7, 11) is 0. The van der Waals surface area contributed by atoms with Gasteiger partial charge in [-0.2, -0.15) is 0 Å².